The fourth-order valence-electron chi connectivity index (χ4n) is 4.19. The maximum absolute atomic E-state index is 12.4. The van der Waals surface area contributed by atoms with E-state index in [9.17, 15) is 19.5 Å². The van der Waals surface area contributed by atoms with Crippen LogP contribution in [-0.2, 0) is 4.79 Å². The van der Waals surface area contributed by atoms with Gasteiger partial charge in [-0.3, -0.25) is 4.79 Å². The summed E-state index contributed by atoms with van der Waals surface area (Å²) < 4.78 is 0. The molecule has 1 aliphatic heterocycles. The van der Waals surface area contributed by atoms with Crippen LogP contribution in [0, 0.1) is 0 Å². The van der Waals surface area contributed by atoms with E-state index in [1.807, 2.05) is 13.0 Å². The molecule has 7 nitrogen and oxygen atoms in total. The highest BCUT2D eigenvalue weighted by molar-refractivity contribution is 5.90. The van der Waals surface area contributed by atoms with Gasteiger partial charge in [0.15, 0.2) is 0 Å². The van der Waals surface area contributed by atoms with Gasteiger partial charge in [0.05, 0.1) is 17.0 Å². The summed E-state index contributed by atoms with van der Waals surface area (Å²) in [6.45, 7) is 3.61. The first kappa shape index (κ1) is 21.4. The minimum atomic E-state index is -1.05. The van der Waals surface area contributed by atoms with Crippen LogP contribution in [0.15, 0.2) is 42.5 Å². The SMILES string of the molecule is CC(c1cc(C(=O)O)ccc1N1CCCCC1)C(C(N)=O)c1ccc(C(=O)O)cc1. The Morgan fingerprint density at radius 3 is 2.00 bits per heavy atom. The lowest BCUT2D eigenvalue weighted by Gasteiger charge is -2.33. The lowest BCUT2D eigenvalue weighted by Crippen LogP contribution is -2.32. The predicted molar refractivity (Wildman–Crippen MR) is 113 cm³/mol. The first-order valence-corrected chi connectivity index (χ1v) is 10.0. The molecule has 0 radical (unpaired) electrons. The Morgan fingerprint density at radius 1 is 0.900 bits per heavy atom. The Bertz CT molecular complexity index is 949. The van der Waals surface area contributed by atoms with Gasteiger partial charge in [-0.05, 0) is 66.6 Å². The van der Waals surface area contributed by atoms with Crippen molar-refractivity contribution in [3.05, 3.63) is 64.7 Å². The number of amides is 1. The van der Waals surface area contributed by atoms with E-state index >= 15 is 0 Å². The van der Waals surface area contributed by atoms with Crippen molar-refractivity contribution >= 4 is 23.5 Å². The number of nitrogens with zero attached hydrogens (tertiary/aromatic N) is 1. The number of carboxylic acids is 2. The number of hydrogen-bond acceptors (Lipinski definition) is 4. The van der Waals surface area contributed by atoms with Crippen LogP contribution in [0.5, 0.6) is 0 Å². The van der Waals surface area contributed by atoms with Crippen LogP contribution >= 0.6 is 0 Å². The van der Waals surface area contributed by atoms with Crippen LogP contribution in [0.3, 0.4) is 0 Å². The molecule has 2 aromatic rings. The van der Waals surface area contributed by atoms with Gasteiger partial charge in [0.1, 0.15) is 0 Å². The third-order valence-electron chi connectivity index (χ3n) is 5.79. The van der Waals surface area contributed by atoms with Crippen LogP contribution in [0.4, 0.5) is 5.69 Å². The molecule has 1 aliphatic rings. The van der Waals surface area contributed by atoms with E-state index < -0.39 is 29.7 Å². The second kappa shape index (κ2) is 8.98. The van der Waals surface area contributed by atoms with E-state index in [-0.39, 0.29) is 11.1 Å². The van der Waals surface area contributed by atoms with Crippen LogP contribution < -0.4 is 10.6 Å². The summed E-state index contributed by atoms with van der Waals surface area (Å²) in [6.07, 6.45) is 3.28. The first-order chi connectivity index (χ1) is 14.3. The van der Waals surface area contributed by atoms with Crippen LogP contribution in [-0.4, -0.2) is 41.1 Å². The van der Waals surface area contributed by atoms with Crippen molar-refractivity contribution in [1.82, 2.24) is 0 Å². The van der Waals surface area contributed by atoms with Gasteiger partial charge in [0.25, 0.3) is 0 Å². The lowest BCUT2D eigenvalue weighted by atomic mass is 9.80. The van der Waals surface area contributed by atoms with Crippen molar-refractivity contribution in [2.75, 3.05) is 18.0 Å². The molecule has 0 aromatic heterocycles. The molecule has 7 heteroatoms. The van der Waals surface area contributed by atoms with E-state index in [0.29, 0.717) is 5.56 Å². The second-order valence-corrected chi connectivity index (χ2v) is 7.72. The normalized spacial score (nSPS) is 16.0. The van der Waals surface area contributed by atoms with Crippen LogP contribution in [0.1, 0.15) is 69.9 Å². The maximum Gasteiger partial charge on any atom is 0.335 e. The molecule has 2 unspecified atom stereocenters. The molecule has 2 atom stereocenters. The molecule has 0 bridgehead atoms. The number of carboxylic acid groups (broad SMARTS) is 2. The summed E-state index contributed by atoms with van der Waals surface area (Å²) in [7, 11) is 0. The summed E-state index contributed by atoms with van der Waals surface area (Å²) in [5, 5.41) is 18.6. The van der Waals surface area contributed by atoms with Crippen molar-refractivity contribution < 1.29 is 24.6 Å². The molecular weight excluding hydrogens is 384 g/mol. The van der Waals surface area contributed by atoms with Crippen molar-refractivity contribution in [3.8, 4) is 0 Å². The molecule has 2 aromatic carbocycles. The quantitative estimate of drug-likeness (QED) is 0.643. The molecule has 0 aliphatic carbocycles. The van der Waals surface area contributed by atoms with E-state index in [0.717, 1.165) is 43.6 Å². The minimum Gasteiger partial charge on any atom is -0.478 e. The van der Waals surface area contributed by atoms with Gasteiger partial charge < -0.3 is 20.8 Å². The van der Waals surface area contributed by atoms with Gasteiger partial charge in [0, 0.05) is 18.8 Å². The van der Waals surface area contributed by atoms with Crippen LogP contribution in [0.25, 0.3) is 0 Å². The second-order valence-electron chi connectivity index (χ2n) is 7.72. The Kier molecular flexibility index (Phi) is 6.40. The predicted octanol–water partition coefficient (Wildman–Crippen LogP) is 3.45. The van der Waals surface area contributed by atoms with E-state index in [1.165, 1.54) is 12.1 Å². The van der Waals surface area contributed by atoms with Gasteiger partial charge in [0.2, 0.25) is 5.91 Å². The van der Waals surface area contributed by atoms with E-state index in [4.69, 9.17) is 10.8 Å². The number of hydrogen-bond donors (Lipinski definition) is 3. The molecule has 1 heterocycles. The Balaban J connectivity index is 2.05. The topological polar surface area (TPSA) is 121 Å². The van der Waals surface area contributed by atoms with Crippen molar-refractivity contribution in [2.24, 2.45) is 5.73 Å². The number of rotatable bonds is 7. The van der Waals surface area contributed by atoms with Crippen molar-refractivity contribution in [2.45, 2.75) is 38.0 Å². The molecule has 0 saturated carbocycles. The van der Waals surface area contributed by atoms with Gasteiger partial charge in [-0.2, -0.15) is 0 Å². The molecule has 4 N–H and O–H groups in total. The van der Waals surface area contributed by atoms with E-state index in [2.05, 4.69) is 4.90 Å². The average molecular weight is 410 g/mol. The molecule has 3 rings (SSSR count). The zero-order chi connectivity index (χ0) is 21.8. The molecule has 1 fully saturated rings. The van der Waals surface area contributed by atoms with Crippen molar-refractivity contribution in [3.63, 3.8) is 0 Å². The number of primary amides is 1. The summed E-state index contributed by atoms with van der Waals surface area (Å²) in [6, 6.07) is 11.1. The Morgan fingerprint density at radius 2 is 1.47 bits per heavy atom. The van der Waals surface area contributed by atoms with Gasteiger partial charge in [-0.25, -0.2) is 9.59 Å². The van der Waals surface area contributed by atoms with E-state index in [1.54, 1.807) is 24.3 Å². The third kappa shape index (κ3) is 4.45. The molecule has 1 amide bonds. The number of piperidine rings is 1. The van der Waals surface area contributed by atoms with Gasteiger partial charge >= 0.3 is 11.9 Å². The van der Waals surface area contributed by atoms with Gasteiger partial charge in [-0.15, -0.1) is 0 Å². The summed E-state index contributed by atoms with van der Waals surface area (Å²) in [5.41, 5.74) is 8.29. The molecule has 0 spiro atoms. The monoisotopic (exact) mass is 410 g/mol. The summed E-state index contributed by atoms with van der Waals surface area (Å²) in [5.74, 6) is -3.74. The molecular formula is C23H26N2O5. The number of nitrogens with two attached hydrogens (primary N) is 1. The number of aromatic carboxylic acids is 2. The van der Waals surface area contributed by atoms with Gasteiger partial charge in [-0.1, -0.05) is 19.1 Å². The minimum absolute atomic E-state index is 0.122. The third-order valence-corrected chi connectivity index (χ3v) is 5.79. The zero-order valence-corrected chi connectivity index (χ0v) is 16.9. The average Bonchev–Trinajstić information content (AvgIpc) is 2.74. The highest BCUT2D eigenvalue weighted by atomic mass is 16.4. The number of carbonyl (C=O) groups is 3. The highest BCUT2D eigenvalue weighted by Crippen LogP contribution is 2.39. The summed E-state index contributed by atoms with van der Waals surface area (Å²) in [4.78, 5) is 37.4. The first-order valence-electron chi connectivity index (χ1n) is 10.0. The standard InChI is InChI=1S/C23H26N2O5/c1-14(20(21(24)26)15-5-7-16(8-6-15)22(27)28)18-13-17(23(29)30)9-10-19(18)25-11-3-2-4-12-25/h5-10,13-14,20H,2-4,11-12H2,1H3,(H2,24,26)(H,27,28)(H,29,30). The Hall–Kier alpha value is -3.35. The zero-order valence-electron chi connectivity index (χ0n) is 16.9. The maximum atomic E-state index is 12.4. The fraction of sp³-hybridized carbons (Fsp3) is 0.348. The molecule has 158 valence electrons. The summed E-state index contributed by atoms with van der Waals surface area (Å²) >= 11 is 0. The number of benzene rings is 2. The highest BCUT2D eigenvalue weighted by Gasteiger charge is 2.30. The van der Waals surface area contributed by atoms with Crippen LogP contribution in [0.2, 0.25) is 0 Å². The fourth-order valence-corrected chi connectivity index (χ4v) is 4.19. The Labute approximate surface area is 175 Å². The van der Waals surface area contributed by atoms with Crippen molar-refractivity contribution in [1.29, 1.82) is 0 Å². The molecule has 30 heavy (non-hydrogen) atoms. The largest absolute Gasteiger partial charge is 0.478 e. The number of carbonyl (C=O) groups excluding carboxylic acids is 1. The number of anilines is 1. The smallest absolute Gasteiger partial charge is 0.335 e. The molecule has 1 saturated heterocycles. The lowest BCUT2D eigenvalue weighted by molar-refractivity contribution is -0.119.